The summed E-state index contributed by atoms with van der Waals surface area (Å²) in [6.45, 7) is 0. The van der Waals surface area contributed by atoms with Gasteiger partial charge in [-0.05, 0) is 17.5 Å². The topological polar surface area (TPSA) is 46.2 Å². The summed E-state index contributed by atoms with van der Waals surface area (Å²) in [5, 5.41) is 1.76. The molecule has 1 N–H and O–H groups in total. The Bertz CT molecular complexity index is 402. The minimum absolute atomic E-state index is 0.403. The third kappa shape index (κ3) is 0.965. The summed E-state index contributed by atoms with van der Waals surface area (Å²) in [7, 11) is -3.22. The molecule has 58 valence electrons. The third-order valence-electron chi connectivity index (χ3n) is 1.39. The summed E-state index contributed by atoms with van der Waals surface area (Å²) >= 11 is 1.23. The highest BCUT2D eigenvalue weighted by Gasteiger charge is 2.20. The monoisotopic (exact) mass is 187 g/mol. The van der Waals surface area contributed by atoms with Crippen molar-refractivity contribution >= 4 is 27.4 Å². The summed E-state index contributed by atoms with van der Waals surface area (Å²) < 4.78 is 25.1. The Morgan fingerprint density at radius 3 is 3.00 bits per heavy atom. The summed E-state index contributed by atoms with van der Waals surface area (Å²) in [5.41, 5.74) is 0.772. The SMILES string of the molecule is O=S1(=O)NC=Cc2ccsc21. The molecule has 0 atom stereocenters. The second kappa shape index (κ2) is 2.09. The van der Waals surface area contributed by atoms with Gasteiger partial charge >= 0.3 is 0 Å². The van der Waals surface area contributed by atoms with E-state index in [1.165, 1.54) is 17.5 Å². The summed E-state index contributed by atoms with van der Waals surface area (Å²) in [6, 6.07) is 1.79. The van der Waals surface area contributed by atoms with Crippen LogP contribution in [0.2, 0.25) is 0 Å². The lowest BCUT2D eigenvalue weighted by Crippen LogP contribution is -2.19. The first-order chi connectivity index (χ1) is 5.20. The smallest absolute Gasteiger partial charge is 0.271 e. The van der Waals surface area contributed by atoms with Gasteiger partial charge in [0.05, 0.1) is 0 Å². The minimum Gasteiger partial charge on any atom is -0.286 e. The standard InChI is InChI=1S/C6H5NO2S2/c8-11(9)6-5(1-3-7-11)2-4-10-6/h1-4,7H. The second-order valence-electron chi connectivity index (χ2n) is 2.12. The van der Waals surface area contributed by atoms with E-state index in [0.717, 1.165) is 5.56 Å². The molecule has 2 rings (SSSR count). The molecule has 0 aliphatic carbocycles. The molecule has 0 spiro atoms. The summed E-state index contributed by atoms with van der Waals surface area (Å²) in [6.07, 6.45) is 3.18. The number of hydrogen-bond acceptors (Lipinski definition) is 3. The largest absolute Gasteiger partial charge is 0.286 e. The van der Waals surface area contributed by atoms with Gasteiger partial charge in [0, 0.05) is 11.8 Å². The van der Waals surface area contributed by atoms with Crippen molar-refractivity contribution in [3.8, 4) is 0 Å². The number of thiophene rings is 1. The van der Waals surface area contributed by atoms with Gasteiger partial charge in [0.15, 0.2) is 0 Å². The fourth-order valence-corrected chi connectivity index (χ4v) is 3.14. The molecule has 0 fully saturated rings. The molecule has 0 bridgehead atoms. The lowest BCUT2D eigenvalue weighted by molar-refractivity contribution is 0.592. The molecule has 0 saturated heterocycles. The fourth-order valence-electron chi connectivity index (χ4n) is 0.914. The number of hydrogen-bond donors (Lipinski definition) is 1. The van der Waals surface area contributed by atoms with E-state index in [1.54, 1.807) is 17.5 Å². The maximum Gasteiger partial charge on any atom is 0.271 e. The van der Waals surface area contributed by atoms with Crippen LogP contribution < -0.4 is 4.72 Å². The lowest BCUT2D eigenvalue weighted by atomic mass is 10.3. The van der Waals surface area contributed by atoms with E-state index >= 15 is 0 Å². The zero-order valence-corrected chi connectivity index (χ0v) is 7.08. The summed E-state index contributed by atoms with van der Waals surface area (Å²) in [5.74, 6) is 0. The van der Waals surface area contributed by atoms with Crippen LogP contribution in [-0.2, 0) is 10.0 Å². The molecule has 0 unspecified atom stereocenters. The van der Waals surface area contributed by atoms with Gasteiger partial charge in [-0.15, -0.1) is 11.3 Å². The first-order valence-corrected chi connectivity index (χ1v) is 5.33. The zero-order valence-electron chi connectivity index (χ0n) is 5.44. The van der Waals surface area contributed by atoms with Crippen molar-refractivity contribution < 1.29 is 8.42 Å². The number of nitrogens with one attached hydrogen (secondary N) is 1. The first kappa shape index (κ1) is 6.87. The summed E-state index contributed by atoms with van der Waals surface area (Å²) in [4.78, 5) is 0. The van der Waals surface area contributed by atoms with Crippen LogP contribution in [0.1, 0.15) is 5.56 Å². The van der Waals surface area contributed by atoms with Crippen LogP contribution >= 0.6 is 11.3 Å². The number of rotatable bonds is 0. The van der Waals surface area contributed by atoms with Crippen LogP contribution in [0.4, 0.5) is 0 Å². The second-order valence-corrected chi connectivity index (χ2v) is 4.94. The predicted octanol–water partition coefficient (Wildman–Crippen LogP) is 1.01. The van der Waals surface area contributed by atoms with Gasteiger partial charge in [-0.2, -0.15) is 0 Å². The fraction of sp³-hybridized carbons (Fsp3) is 0. The van der Waals surface area contributed by atoms with Crippen molar-refractivity contribution in [1.82, 2.24) is 4.72 Å². The minimum atomic E-state index is -3.22. The average Bonchev–Trinajstić information content (AvgIpc) is 2.34. The molecule has 1 aromatic heterocycles. The molecule has 11 heavy (non-hydrogen) atoms. The van der Waals surface area contributed by atoms with Gasteiger partial charge in [0.2, 0.25) is 0 Å². The van der Waals surface area contributed by atoms with Crippen LogP contribution in [0.5, 0.6) is 0 Å². The Kier molecular flexibility index (Phi) is 1.30. The molecular weight excluding hydrogens is 182 g/mol. The van der Waals surface area contributed by atoms with Crippen LogP contribution in [0.3, 0.4) is 0 Å². The van der Waals surface area contributed by atoms with Crippen molar-refractivity contribution in [2.75, 3.05) is 0 Å². The molecule has 2 heterocycles. The molecular formula is C6H5NO2S2. The van der Waals surface area contributed by atoms with Gasteiger partial charge < -0.3 is 0 Å². The maximum absolute atomic E-state index is 11.2. The molecule has 1 aromatic rings. The molecule has 0 radical (unpaired) electrons. The van der Waals surface area contributed by atoms with Crippen molar-refractivity contribution in [3.05, 3.63) is 23.2 Å². The van der Waals surface area contributed by atoms with E-state index in [9.17, 15) is 8.42 Å². The Balaban J connectivity index is 2.77. The van der Waals surface area contributed by atoms with Crippen LogP contribution in [0.25, 0.3) is 6.08 Å². The van der Waals surface area contributed by atoms with Crippen LogP contribution in [0.15, 0.2) is 21.9 Å². The van der Waals surface area contributed by atoms with Gasteiger partial charge in [0.25, 0.3) is 10.0 Å². The van der Waals surface area contributed by atoms with E-state index < -0.39 is 10.0 Å². The highest BCUT2D eigenvalue weighted by atomic mass is 32.2. The van der Waals surface area contributed by atoms with Crippen molar-refractivity contribution in [2.24, 2.45) is 0 Å². The number of fused-ring (bicyclic) bond motifs is 1. The quantitative estimate of drug-likeness (QED) is 0.659. The average molecular weight is 187 g/mol. The molecule has 0 amide bonds. The first-order valence-electron chi connectivity index (χ1n) is 2.96. The Morgan fingerprint density at radius 1 is 1.45 bits per heavy atom. The lowest BCUT2D eigenvalue weighted by Gasteiger charge is -2.06. The van der Waals surface area contributed by atoms with Crippen LogP contribution in [0, 0.1) is 0 Å². The molecule has 1 aliphatic heterocycles. The maximum atomic E-state index is 11.2. The zero-order chi connectivity index (χ0) is 7.90. The molecule has 0 saturated carbocycles. The van der Waals surface area contributed by atoms with E-state index in [2.05, 4.69) is 4.72 Å². The van der Waals surface area contributed by atoms with E-state index in [4.69, 9.17) is 0 Å². The van der Waals surface area contributed by atoms with Gasteiger partial charge in [0.1, 0.15) is 4.21 Å². The Morgan fingerprint density at radius 2 is 2.27 bits per heavy atom. The molecule has 5 heteroatoms. The van der Waals surface area contributed by atoms with Crippen molar-refractivity contribution in [2.45, 2.75) is 4.21 Å². The van der Waals surface area contributed by atoms with E-state index in [0.29, 0.717) is 4.21 Å². The Hall–Kier alpha value is -0.810. The van der Waals surface area contributed by atoms with E-state index in [1.807, 2.05) is 0 Å². The molecule has 1 aliphatic rings. The van der Waals surface area contributed by atoms with Crippen molar-refractivity contribution in [3.63, 3.8) is 0 Å². The highest BCUT2D eigenvalue weighted by molar-refractivity contribution is 7.91. The predicted molar refractivity (Wildman–Crippen MR) is 43.7 cm³/mol. The van der Waals surface area contributed by atoms with Gasteiger partial charge in [-0.3, -0.25) is 4.72 Å². The number of sulfonamides is 1. The van der Waals surface area contributed by atoms with E-state index in [-0.39, 0.29) is 0 Å². The highest BCUT2D eigenvalue weighted by Crippen LogP contribution is 2.25. The van der Waals surface area contributed by atoms with Gasteiger partial charge in [-0.25, -0.2) is 8.42 Å². The molecule has 0 aromatic carbocycles. The normalized spacial score (nSPS) is 18.9. The van der Waals surface area contributed by atoms with Crippen molar-refractivity contribution in [1.29, 1.82) is 0 Å². The van der Waals surface area contributed by atoms with Gasteiger partial charge in [-0.1, -0.05) is 0 Å². The molecule has 3 nitrogen and oxygen atoms in total. The third-order valence-corrected chi connectivity index (χ3v) is 4.23. The van der Waals surface area contributed by atoms with Crippen LogP contribution in [-0.4, -0.2) is 8.42 Å². The Labute approximate surface area is 68.4 Å².